The maximum atomic E-state index is 9.94. The van der Waals surface area contributed by atoms with Crippen LogP contribution in [0.15, 0.2) is 24.4 Å². The molecule has 0 saturated heterocycles. The van der Waals surface area contributed by atoms with Crippen molar-refractivity contribution in [2.75, 3.05) is 0 Å². The van der Waals surface area contributed by atoms with Gasteiger partial charge in [-0.2, -0.15) is 0 Å². The Kier molecular flexibility index (Phi) is 2.49. The standard InChI is InChI=1S/C8H7NO4/c10-7-1-2-8(11)6(5-7)3-4-9(12)13/h1-5,10-11H. The number of hydrogen-bond acceptors (Lipinski definition) is 4. The predicted molar refractivity (Wildman–Crippen MR) is 45.8 cm³/mol. The third-order valence-electron chi connectivity index (χ3n) is 1.39. The molecule has 1 aromatic rings. The molecule has 13 heavy (non-hydrogen) atoms. The zero-order valence-electron chi connectivity index (χ0n) is 6.54. The van der Waals surface area contributed by atoms with Crippen LogP contribution in [0.5, 0.6) is 11.5 Å². The monoisotopic (exact) mass is 181 g/mol. The van der Waals surface area contributed by atoms with Crippen molar-refractivity contribution in [3.63, 3.8) is 0 Å². The molecule has 5 nitrogen and oxygen atoms in total. The highest BCUT2D eigenvalue weighted by atomic mass is 16.6. The Morgan fingerprint density at radius 3 is 2.69 bits per heavy atom. The molecule has 1 aromatic carbocycles. The molecule has 0 aliphatic rings. The van der Waals surface area contributed by atoms with E-state index in [1.807, 2.05) is 0 Å². The Bertz CT molecular complexity index is 359. The van der Waals surface area contributed by atoms with E-state index < -0.39 is 4.92 Å². The van der Waals surface area contributed by atoms with Crippen molar-refractivity contribution in [3.8, 4) is 11.5 Å². The van der Waals surface area contributed by atoms with E-state index in [1.165, 1.54) is 18.2 Å². The highest BCUT2D eigenvalue weighted by Gasteiger charge is 1.99. The maximum absolute atomic E-state index is 9.94. The fourth-order valence-corrected chi connectivity index (χ4v) is 0.817. The second kappa shape index (κ2) is 3.57. The van der Waals surface area contributed by atoms with Gasteiger partial charge in [0.2, 0.25) is 6.20 Å². The number of nitrogens with zero attached hydrogens (tertiary/aromatic N) is 1. The number of phenolic OH excluding ortho intramolecular Hbond substituents is 2. The first-order chi connectivity index (χ1) is 6.09. The molecule has 68 valence electrons. The van der Waals surface area contributed by atoms with Crippen LogP contribution in [0.25, 0.3) is 6.08 Å². The molecule has 0 aromatic heterocycles. The summed E-state index contributed by atoms with van der Waals surface area (Å²) in [6.07, 6.45) is 1.80. The van der Waals surface area contributed by atoms with E-state index in [0.717, 1.165) is 6.08 Å². The summed E-state index contributed by atoms with van der Waals surface area (Å²) in [7, 11) is 0. The number of benzene rings is 1. The van der Waals surface area contributed by atoms with Gasteiger partial charge in [-0.25, -0.2) is 0 Å². The Morgan fingerprint density at radius 2 is 2.08 bits per heavy atom. The second-order valence-corrected chi connectivity index (χ2v) is 2.34. The minimum atomic E-state index is -0.649. The second-order valence-electron chi connectivity index (χ2n) is 2.34. The zero-order chi connectivity index (χ0) is 9.84. The summed E-state index contributed by atoms with van der Waals surface area (Å²) in [5.41, 5.74) is 0.205. The van der Waals surface area contributed by atoms with Crippen LogP contribution in [0, 0.1) is 10.1 Å². The lowest BCUT2D eigenvalue weighted by Gasteiger charge is -1.97. The third kappa shape index (κ3) is 2.48. The van der Waals surface area contributed by atoms with Crippen LogP contribution in [-0.2, 0) is 0 Å². The molecule has 0 aliphatic heterocycles. The molecule has 0 fully saturated rings. The highest BCUT2D eigenvalue weighted by molar-refractivity contribution is 5.58. The minimum Gasteiger partial charge on any atom is -0.508 e. The van der Waals surface area contributed by atoms with Gasteiger partial charge in [0, 0.05) is 11.6 Å². The van der Waals surface area contributed by atoms with Crippen molar-refractivity contribution in [3.05, 3.63) is 40.1 Å². The summed E-state index contributed by atoms with van der Waals surface area (Å²) in [4.78, 5) is 9.29. The largest absolute Gasteiger partial charge is 0.508 e. The van der Waals surface area contributed by atoms with Gasteiger partial charge in [0.15, 0.2) is 0 Å². The van der Waals surface area contributed by atoms with E-state index in [1.54, 1.807) is 0 Å². The van der Waals surface area contributed by atoms with Gasteiger partial charge in [-0.05, 0) is 18.2 Å². The van der Waals surface area contributed by atoms with Gasteiger partial charge in [0.25, 0.3) is 0 Å². The van der Waals surface area contributed by atoms with E-state index in [4.69, 9.17) is 10.2 Å². The molecule has 0 aliphatic carbocycles. The van der Waals surface area contributed by atoms with Gasteiger partial charge >= 0.3 is 0 Å². The fourth-order valence-electron chi connectivity index (χ4n) is 0.817. The quantitative estimate of drug-likeness (QED) is 0.409. The highest BCUT2D eigenvalue weighted by Crippen LogP contribution is 2.22. The van der Waals surface area contributed by atoms with Crippen LogP contribution < -0.4 is 0 Å². The first kappa shape index (κ1) is 9.05. The SMILES string of the molecule is O=[N+]([O-])C=Cc1cc(O)ccc1O. The van der Waals surface area contributed by atoms with Crippen molar-refractivity contribution in [2.24, 2.45) is 0 Å². The number of nitro groups is 1. The van der Waals surface area contributed by atoms with Crippen LogP contribution in [0.2, 0.25) is 0 Å². The van der Waals surface area contributed by atoms with Crippen molar-refractivity contribution >= 4 is 6.08 Å². The van der Waals surface area contributed by atoms with Gasteiger partial charge in [-0.15, -0.1) is 0 Å². The van der Waals surface area contributed by atoms with Gasteiger partial charge in [0.05, 0.1) is 4.92 Å². The van der Waals surface area contributed by atoms with E-state index >= 15 is 0 Å². The maximum Gasteiger partial charge on any atom is 0.235 e. The lowest BCUT2D eigenvalue weighted by Crippen LogP contribution is -1.82. The zero-order valence-corrected chi connectivity index (χ0v) is 6.54. The van der Waals surface area contributed by atoms with E-state index in [9.17, 15) is 10.1 Å². The topological polar surface area (TPSA) is 83.6 Å². The van der Waals surface area contributed by atoms with Gasteiger partial charge in [-0.3, -0.25) is 10.1 Å². The van der Waals surface area contributed by atoms with Crippen LogP contribution in [0.3, 0.4) is 0 Å². The summed E-state index contributed by atoms with van der Waals surface area (Å²) >= 11 is 0. The number of hydrogen-bond donors (Lipinski definition) is 2. The van der Waals surface area contributed by atoms with Crippen LogP contribution in [-0.4, -0.2) is 15.1 Å². The fraction of sp³-hybridized carbons (Fsp3) is 0. The molecule has 0 bridgehead atoms. The summed E-state index contributed by atoms with van der Waals surface area (Å²) in [5, 5.41) is 28.1. The summed E-state index contributed by atoms with van der Waals surface area (Å²) in [6, 6.07) is 3.78. The number of rotatable bonds is 2. The Balaban J connectivity index is 3.00. The molecule has 0 atom stereocenters. The van der Waals surface area contributed by atoms with E-state index in [-0.39, 0.29) is 17.1 Å². The Morgan fingerprint density at radius 1 is 1.38 bits per heavy atom. The summed E-state index contributed by atoms with van der Waals surface area (Å²) < 4.78 is 0. The Hall–Kier alpha value is -2.04. The van der Waals surface area contributed by atoms with Crippen LogP contribution in [0.4, 0.5) is 0 Å². The average molecular weight is 181 g/mol. The third-order valence-corrected chi connectivity index (χ3v) is 1.39. The lowest BCUT2D eigenvalue weighted by molar-refractivity contribution is -0.400. The van der Waals surface area contributed by atoms with Crippen LogP contribution in [0.1, 0.15) is 5.56 Å². The van der Waals surface area contributed by atoms with Gasteiger partial charge in [-0.1, -0.05) is 0 Å². The molecule has 5 heteroatoms. The smallest absolute Gasteiger partial charge is 0.235 e. The van der Waals surface area contributed by atoms with Gasteiger partial charge < -0.3 is 10.2 Å². The van der Waals surface area contributed by atoms with Crippen LogP contribution >= 0.6 is 0 Å². The summed E-state index contributed by atoms with van der Waals surface area (Å²) in [5.74, 6) is -0.170. The molecular weight excluding hydrogens is 174 g/mol. The summed E-state index contributed by atoms with van der Waals surface area (Å²) in [6.45, 7) is 0. The molecular formula is C8H7NO4. The van der Waals surface area contributed by atoms with Gasteiger partial charge in [0.1, 0.15) is 11.5 Å². The molecule has 2 N–H and O–H groups in total. The number of phenols is 2. The van der Waals surface area contributed by atoms with Crippen molar-refractivity contribution in [1.29, 1.82) is 0 Å². The number of aromatic hydroxyl groups is 2. The molecule has 1 rings (SSSR count). The molecule has 0 heterocycles. The first-order valence-corrected chi connectivity index (χ1v) is 3.43. The van der Waals surface area contributed by atoms with Crippen molar-refractivity contribution in [2.45, 2.75) is 0 Å². The predicted octanol–water partition coefficient (Wildman–Crippen LogP) is 1.35. The molecule has 0 unspecified atom stereocenters. The minimum absolute atomic E-state index is 0.0548. The van der Waals surface area contributed by atoms with Crippen molar-refractivity contribution < 1.29 is 15.1 Å². The van der Waals surface area contributed by atoms with E-state index in [2.05, 4.69) is 0 Å². The molecule has 0 radical (unpaired) electrons. The Labute approximate surface area is 73.7 Å². The molecule has 0 amide bonds. The van der Waals surface area contributed by atoms with Crippen molar-refractivity contribution in [1.82, 2.24) is 0 Å². The average Bonchev–Trinajstić information content (AvgIpc) is 2.06. The molecule has 0 spiro atoms. The normalized spacial score (nSPS) is 10.5. The first-order valence-electron chi connectivity index (χ1n) is 3.43. The molecule has 0 saturated carbocycles. The lowest BCUT2D eigenvalue weighted by atomic mass is 10.2. The van der Waals surface area contributed by atoms with E-state index in [0.29, 0.717) is 6.20 Å².